The van der Waals surface area contributed by atoms with E-state index in [1.807, 2.05) is 18.2 Å². The highest BCUT2D eigenvalue weighted by molar-refractivity contribution is 6.06. The lowest BCUT2D eigenvalue weighted by Crippen LogP contribution is -2.12. The highest BCUT2D eigenvalue weighted by Crippen LogP contribution is 2.23. The molecular formula is C20H16N4O3. The number of aromatic nitrogens is 3. The van der Waals surface area contributed by atoms with Crippen molar-refractivity contribution in [2.24, 2.45) is 0 Å². The number of anilines is 1. The van der Waals surface area contributed by atoms with Gasteiger partial charge in [-0.2, -0.15) is 0 Å². The third-order valence-corrected chi connectivity index (χ3v) is 3.94. The standard InChI is InChI=1S/C20H16N4O3/c1-26-16-6-3-13-11-18(24-17(13)12-16)19(25)23-14-4-7-15(8-5-14)27-20-21-9-2-10-22-20/h2-12,24H,1H3,(H,23,25). The summed E-state index contributed by atoms with van der Waals surface area (Å²) in [7, 11) is 1.61. The number of benzene rings is 2. The van der Waals surface area contributed by atoms with Crippen LogP contribution in [0.5, 0.6) is 17.5 Å². The van der Waals surface area contributed by atoms with E-state index < -0.39 is 0 Å². The molecule has 0 saturated heterocycles. The lowest BCUT2D eigenvalue weighted by molar-refractivity contribution is 0.102. The second-order valence-electron chi connectivity index (χ2n) is 5.75. The van der Waals surface area contributed by atoms with Crippen molar-refractivity contribution < 1.29 is 14.3 Å². The van der Waals surface area contributed by atoms with Gasteiger partial charge < -0.3 is 19.8 Å². The number of fused-ring (bicyclic) bond motifs is 1. The molecule has 4 aromatic rings. The molecule has 1 amide bonds. The van der Waals surface area contributed by atoms with Crippen LogP contribution in [-0.4, -0.2) is 28.0 Å². The van der Waals surface area contributed by atoms with Gasteiger partial charge in [0.15, 0.2) is 0 Å². The highest BCUT2D eigenvalue weighted by atomic mass is 16.5. The lowest BCUT2D eigenvalue weighted by Gasteiger charge is -2.06. The highest BCUT2D eigenvalue weighted by Gasteiger charge is 2.11. The second kappa shape index (κ2) is 7.17. The van der Waals surface area contributed by atoms with Crippen molar-refractivity contribution in [1.29, 1.82) is 0 Å². The molecule has 134 valence electrons. The van der Waals surface area contributed by atoms with Gasteiger partial charge in [0.05, 0.1) is 7.11 Å². The lowest BCUT2D eigenvalue weighted by atomic mass is 10.2. The van der Waals surface area contributed by atoms with Crippen molar-refractivity contribution in [2.45, 2.75) is 0 Å². The number of nitrogens with zero attached hydrogens (tertiary/aromatic N) is 2. The quantitative estimate of drug-likeness (QED) is 0.561. The van der Waals surface area contributed by atoms with Gasteiger partial charge in [-0.3, -0.25) is 4.79 Å². The van der Waals surface area contributed by atoms with Gasteiger partial charge in [0.25, 0.3) is 5.91 Å². The molecule has 7 nitrogen and oxygen atoms in total. The fourth-order valence-corrected chi connectivity index (χ4v) is 2.60. The van der Waals surface area contributed by atoms with E-state index in [1.165, 1.54) is 0 Å². The van der Waals surface area contributed by atoms with Gasteiger partial charge in [0, 0.05) is 35.1 Å². The van der Waals surface area contributed by atoms with Crippen LogP contribution in [0.1, 0.15) is 10.5 Å². The fourth-order valence-electron chi connectivity index (χ4n) is 2.60. The van der Waals surface area contributed by atoms with Crippen LogP contribution < -0.4 is 14.8 Å². The number of hydrogen-bond donors (Lipinski definition) is 2. The van der Waals surface area contributed by atoms with Crippen molar-refractivity contribution in [1.82, 2.24) is 15.0 Å². The molecule has 2 heterocycles. The Kier molecular flexibility index (Phi) is 4.40. The van der Waals surface area contributed by atoms with Gasteiger partial charge in [-0.1, -0.05) is 0 Å². The Labute approximate surface area is 155 Å². The molecule has 0 atom stereocenters. The zero-order chi connectivity index (χ0) is 18.6. The van der Waals surface area contributed by atoms with E-state index in [4.69, 9.17) is 9.47 Å². The molecule has 0 aliphatic rings. The van der Waals surface area contributed by atoms with Crippen molar-refractivity contribution in [3.05, 3.63) is 72.7 Å². The normalized spacial score (nSPS) is 10.6. The Bertz CT molecular complexity index is 1080. The molecular weight excluding hydrogens is 344 g/mol. The molecule has 0 saturated carbocycles. The van der Waals surface area contributed by atoms with Crippen LogP contribution in [0.2, 0.25) is 0 Å². The molecule has 2 N–H and O–H groups in total. The summed E-state index contributed by atoms with van der Waals surface area (Å²) >= 11 is 0. The number of hydrogen-bond acceptors (Lipinski definition) is 5. The number of aromatic amines is 1. The fraction of sp³-hybridized carbons (Fsp3) is 0.0500. The summed E-state index contributed by atoms with van der Waals surface area (Å²) in [6.07, 6.45) is 3.21. The molecule has 27 heavy (non-hydrogen) atoms. The predicted molar refractivity (Wildman–Crippen MR) is 101 cm³/mol. The van der Waals surface area contributed by atoms with E-state index in [0.717, 1.165) is 16.7 Å². The molecule has 0 radical (unpaired) electrons. The summed E-state index contributed by atoms with van der Waals surface area (Å²) in [6, 6.07) is 16.4. The molecule has 0 spiro atoms. The Balaban J connectivity index is 1.46. The molecule has 0 bridgehead atoms. The molecule has 0 aliphatic heterocycles. The number of carbonyl (C=O) groups is 1. The van der Waals surface area contributed by atoms with Gasteiger partial charge in [-0.25, -0.2) is 9.97 Å². The second-order valence-corrected chi connectivity index (χ2v) is 5.75. The first-order valence-corrected chi connectivity index (χ1v) is 8.24. The van der Waals surface area contributed by atoms with E-state index in [0.29, 0.717) is 17.1 Å². The minimum atomic E-state index is -0.231. The SMILES string of the molecule is COc1ccc2cc(C(=O)Nc3ccc(Oc4ncccn4)cc3)[nH]c2c1. The zero-order valence-electron chi connectivity index (χ0n) is 14.5. The summed E-state index contributed by atoms with van der Waals surface area (Å²) in [5.41, 5.74) is 1.96. The molecule has 2 aromatic heterocycles. The van der Waals surface area contributed by atoms with Crippen LogP contribution in [0.15, 0.2) is 67.0 Å². The number of ether oxygens (including phenoxy) is 2. The van der Waals surface area contributed by atoms with Crippen LogP contribution >= 0.6 is 0 Å². The van der Waals surface area contributed by atoms with E-state index in [2.05, 4.69) is 20.3 Å². The molecule has 4 rings (SSSR count). The van der Waals surface area contributed by atoms with Crippen molar-refractivity contribution in [3.8, 4) is 17.5 Å². The van der Waals surface area contributed by atoms with Crippen molar-refractivity contribution in [3.63, 3.8) is 0 Å². The van der Waals surface area contributed by atoms with Crippen molar-refractivity contribution in [2.75, 3.05) is 12.4 Å². The monoisotopic (exact) mass is 360 g/mol. The molecule has 7 heteroatoms. The third-order valence-electron chi connectivity index (χ3n) is 3.94. The Morgan fingerprint density at radius 2 is 1.74 bits per heavy atom. The molecule has 2 aromatic carbocycles. The summed E-state index contributed by atoms with van der Waals surface area (Å²) < 4.78 is 10.7. The van der Waals surface area contributed by atoms with Crippen LogP contribution in [0.4, 0.5) is 5.69 Å². The number of methoxy groups -OCH3 is 1. The first-order chi connectivity index (χ1) is 13.2. The van der Waals surface area contributed by atoms with Crippen LogP contribution in [0, 0.1) is 0 Å². The Morgan fingerprint density at radius 1 is 1.00 bits per heavy atom. The minimum absolute atomic E-state index is 0.231. The number of amides is 1. The minimum Gasteiger partial charge on any atom is -0.497 e. The number of H-pyrrole nitrogens is 1. The van der Waals surface area contributed by atoms with Crippen molar-refractivity contribution >= 4 is 22.5 Å². The maximum absolute atomic E-state index is 12.5. The first-order valence-electron chi connectivity index (χ1n) is 8.24. The topological polar surface area (TPSA) is 89.1 Å². The number of nitrogens with one attached hydrogen (secondary N) is 2. The van der Waals surface area contributed by atoms with E-state index in [1.54, 1.807) is 55.9 Å². The van der Waals surface area contributed by atoms with Gasteiger partial charge in [-0.15, -0.1) is 0 Å². The summed E-state index contributed by atoms with van der Waals surface area (Å²) in [5.74, 6) is 1.08. The molecule has 0 fully saturated rings. The molecule has 0 aliphatic carbocycles. The zero-order valence-corrected chi connectivity index (χ0v) is 14.5. The maximum Gasteiger partial charge on any atom is 0.321 e. The van der Waals surface area contributed by atoms with Gasteiger partial charge >= 0.3 is 6.01 Å². The Morgan fingerprint density at radius 3 is 2.48 bits per heavy atom. The van der Waals surface area contributed by atoms with E-state index in [-0.39, 0.29) is 11.9 Å². The summed E-state index contributed by atoms with van der Waals surface area (Å²) in [5, 5.41) is 3.79. The van der Waals surface area contributed by atoms with Crippen LogP contribution in [0.3, 0.4) is 0 Å². The maximum atomic E-state index is 12.5. The summed E-state index contributed by atoms with van der Waals surface area (Å²) in [6.45, 7) is 0. The number of carbonyl (C=O) groups excluding carboxylic acids is 1. The van der Waals surface area contributed by atoms with Gasteiger partial charge in [-0.05, 0) is 48.5 Å². The first kappa shape index (κ1) is 16.6. The van der Waals surface area contributed by atoms with E-state index in [9.17, 15) is 4.79 Å². The predicted octanol–water partition coefficient (Wildman–Crippen LogP) is 4.01. The molecule has 0 unspecified atom stereocenters. The average Bonchev–Trinajstić information content (AvgIpc) is 3.13. The average molecular weight is 360 g/mol. The van der Waals surface area contributed by atoms with Crippen LogP contribution in [-0.2, 0) is 0 Å². The number of rotatable bonds is 5. The smallest absolute Gasteiger partial charge is 0.321 e. The largest absolute Gasteiger partial charge is 0.497 e. The van der Waals surface area contributed by atoms with Gasteiger partial charge in [0.1, 0.15) is 17.2 Å². The summed E-state index contributed by atoms with van der Waals surface area (Å²) in [4.78, 5) is 23.6. The van der Waals surface area contributed by atoms with Crippen LogP contribution in [0.25, 0.3) is 10.9 Å². The van der Waals surface area contributed by atoms with E-state index >= 15 is 0 Å². The third kappa shape index (κ3) is 3.72. The van der Waals surface area contributed by atoms with Gasteiger partial charge in [0.2, 0.25) is 0 Å². The Hall–Kier alpha value is -3.87.